The van der Waals surface area contributed by atoms with Gasteiger partial charge < -0.3 is 19.5 Å². The molecule has 3 aromatic rings. The molecule has 0 aliphatic heterocycles. The van der Waals surface area contributed by atoms with Crippen LogP contribution < -0.4 is 5.32 Å². The van der Waals surface area contributed by atoms with Crippen molar-refractivity contribution in [1.29, 1.82) is 0 Å². The van der Waals surface area contributed by atoms with Gasteiger partial charge >= 0.3 is 5.97 Å². The van der Waals surface area contributed by atoms with Crippen LogP contribution in [-0.2, 0) is 23.8 Å². The maximum Gasteiger partial charge on any atom is 0.340 e. The molecule has 32 heavy (non-hydrogen) atoms. The monoisotopic (exact) mass is 433 g/mol. The molecule has 1 N–H and O–H groups in total. The van der Waals surface area contributed by atoms with E-state index in [2.05, 4.69) is 5.32 Å². The molecule has 0 aliphatic carbocycles. The molecule has 0 aromatic heterocycles. The van der Waals surface area contributed by atoms with Gasteiger partial charge in [-0.15, -0.1) is 0 Å². The summed E-state index contributed by atoms with van der Waals surface area (Å²) in [7, 11) is 2.94. The number of nitrogens with one attached hydrogen (secondary N) is 1. The molecule has 0 spiro atoms. The first kappa shape index (κ1) is 23.2. The summed E-state index contributed by atoms with van der Waals surface area (Å²) in [5.74, 6) is -0.852. The summed E-state index contributed by atoms with van der Waals surface area (Å²) in [4.78, 5) is 25.7. The molecule has 1 amide bonds. The second kappa shape index (κ2) is 11.8. The molecule has 0 fully saturated rings. The Labute approximate surface area is 188 Å². The van der Waals surface area contributed by atoms with Crippen molar-refractivity contribution in [1.82, 2.24) is 5.32 Å². The Hall–Kier alpha value is -3.48. The molecule has 0 aliphatic rings. The maximum atomic E-state index is 13.0. The second-order valence-electron chi connectivity index (χ2n) is 7.15. The van der Waals surface area contributed by atoms with Crippen LogP contribution in [0.1, 0.15) is 34.9 Å². The Balaban J connectivity index is 1.73. The standard InChI is InChI=1S/C26H27NO5/c1-30-23(20-14-8-4-9-15-20)25(28)27-22(19-12-6-3-7-13-19)18-32-26(29)24(31-2)21-16-10-5-11-17-21/h3-17,22-24H,18H2,1-2H3,(H,27,28)/t22-,23?,24?/m1/s1. The zero-order chi connectivity index (χ0) is 22.8. The summed E-state index contributed by atoms with van der Waals surface area (Å²) >= 11 is 0. The molecule has 6 nitrogen and oxygen atoms in total. The molecule has 3 rings (SSSR count). The Morgan fingerprint density at radius 1 is 0.688 bits per heavy atom. The average molecular weight is 434 g/mol. The van der Waals surface area contributed by atoms with Crippen molar-refractivity contribution >= 4 is 11.9 Å². The van der Waals surface area contributed by atoms with E-state index in [1.165, 1.54) is 14.2 Å². The SMILES string of the molecule is COC(C(=O)N[C@H](COC(=O)C(OC)c1ccccc1)c1ccccc1)c1ccccc1. The summed E-state index contributed by atoms with van der Waals surface area (Å²) in [6.45, 7) is -0.0491. The number of ether oxygens (including phenoxy) is 3. The highest BCUT2D eigenvalue weighted by atomic mass is 16.6. The van der Waals surface area contributed by atoms with E-state index < -0.39 is 24.2 Å². The number of hydrogen-bond donors (Lipinski definition) is 1. The van der Waals surface area contributed by atoms with Crippen molar-refractivity contribution in [3.05, 3.63) is 108 Å². The number of hydrogen-bond acceptors (Lipinski definition) is 5. The first-order valence-electron chi connectivity index (χ1n) is 10.3. The number of benzene rings is 3. The van der Waals surface area contributed by atoms with E-state index >= 15 is 0 Å². The Morgan fingerprint density at radius 2 is 1.12 bits per heavy atom. The van der Waals surface area contributed by atoms with E-state index in [-0.39, 0.29) is 12.5 Å². The molecule has 3 aromatic carbocycles. The lowest BCUT2D eigenvalue weighted by Crippen LogP contribution is -2.36. The molecule has 0 radical (unpaired) electrons. The molecule has 3 atom stereocenters. The smallest absolute Gasteiger partial charge is 0.340 e. The van der Waals surface area contributed by atoms with Crippen molar-refractivity contribution in [2.75, 3.05) is 20.8 Å². The molecule has 0 heterocycles. The zero-order valence-corrected chi connectivity index (χ0v) is 18.1. The lowest BCUT2D eigenvalue weighted by Gasteiger charge is -2.23. The Kier molecular flexibility index (Phi) is 8.54. The second-order valence-corrected chi connectivity index (χ2v) is 7.15. The van der Waals surface area contributed by atoms with Gasteiger partial charge in [0.25, 0.3) is 5.91 Å². The molecular weight excluding hydrogens is 406 g/mol. The summed E-state index contributed by atoms with van der Waals surface area (Å²) in [6, 6.07) is 27.1. The number of rotatable bonds is 10. The Morgan fingerprint density at radius 3 is 1.59 bits per heavy atom. The van der Waals surface area contributed by atoms with Crippen molar-refractivity contribution < 1.29 is 23.8 Å². The normalized spacial score (nSPS) is 13.6. The van der Waals surface area contributed by atoms with Crippen molar-refractivity contribution in [3.8, 4) is 0 Å². The van der Waals surface area contributed by atoms with E-state index in [1.807, 2.05) is 78.9 Å². The van der Waals surface area contributed by atoms with E-state index in [0.717, 1.165) is 11.1 Å². The molecule has 166 valence electrons. The highest BCUT2D eigenvalue weighted by Gasteiger charge is 2.27. The van der Waals surface area contributed by atoms with Gasteiger partial charge in [-0.2, -0.15) is 0 Å². The van der Waals surface area contributed by atoms with E-state index in [0.29, 0.717) is 5.56 Å². The van der Waals surface area contributed by atoms with E-state index in [4.69, 9.17) is 14.2 Å². The Bertz CT molecular complexity index is 979. The topological polar surface area (TPSA) is 73.9 Å². The fourth-order valence-electron chi connectivity index (χ4n) is 3.41. The van der Waals surface area contributed by atoms with Crippen LogP contribution in [0, 0.1) is 0 Å². The largest absolute Gasteiger partial charge is 0.461 e. The fourth-order valence-corrected chi connectivity index (χ4v) is 3.41. The van der Waals surface area contributed by atoms with Gasteiger partial charge in [-0.1, -0.05) is 91.0 Å². The summed E-state index contributed by atoms with van der Waals surface area (Å²) in [6.07, 6.45) is -1.63. The average Bonchev–Trinajstić information content (AvgIpc) is 2.84. The van der Waals surface area contributed by atoms with Crippen LogP contribution in [0.25, 0.3) is 0 Å². The van der Waals surface area contributed by atoms with Gasteiger partial charge in [0.1, 0.15) is 6.61 Å². The van der Waals surface area contributed by atoms with Crippen LogP contribution in [-0.4, -0.2) is 32.7 Å². The lowest BCUT2D eigenvalue weighted by atomic mass is 10.1. The van der Waals surface area contributed by atoms with Gasteiger partial charge in [-0.3, -0.25) is 4.79 Å². The van der Waals surface area contributed by atoms with Crippen LogP contribution >= 0.6 is 0 Å². The number of methoxy groups -OCH3 is 2. The maximum absolute atomic E-state index is 13.0. The van der Waals surface area contributed by atoms with Crippen LogP contribution in [0.5, 0.6) is 0 Å². The minimum absolute atomic E-state index is 0.0491. The zero-order valence-electron chi connectivity index (χ0n) is 18.1. The fraction of sp³-hybridized carbons (Fsp3) is 0.231. The quantitative estimate of drug-likeness (QED) is 0.486. The van der Waals surface area contributed by atoms with Crippen LogP contribution in [0.15, 0.2) is 91.0 Å². The van der Waals surface area contributed by atoms with Crippen molar-refractivity contribution in [3.63, 3.8) is 0 Å². The third-order valence-corrected chi connectivity index (χ3v) is 5.04. The summed E-state index contributed by atoms with van der Waals surface area (Å²) in [5.41, 5.74) is 2.24. The van der Waals surface area contributed by atoms with Crippen LogP contribution in [0.2, 0.25) is 0 Å². The number of carbonyl (C=O) groups excluding carboxylic acids is 2. The highest BCUT2D eigenvalue weighted by Crippen LogP contribution is 2.22. The van der Waals surface area contributed by atoms with Crippen molar-refractivity contribution in [2.45, 2.75) is 18.2 Å². The predicted molar refractivity (Wildman–Crippen MR) is 121 cm³/mol. The number of carbonyl (C=O) groups is 2. The first-order chi connectivity index (χ1) is 15.6. The van der Waals surface area contributed by atoms with E-state index in [1.54, 1.807) is 12.1 Å². The van der Waals surface area contributed by atoms with Crippen LogP contribution in [0.3, 0.4) is 0 Å². The third-order valence-electron chi connectivity index (χ3n) is 5.04. The number of amides is 1. The minimum atomic E-state index is -0.848. The third kappa shape index (κ3) is 6.03. The van der Waals surface area contributed by atoms with Gasteiger partial charge in [0.2, 0.25) is 0 Å². The van der Waals surface area contributed by atoms with Gasteiger partial charge in [0.15, 0.2) is 12.2 Å². The van der Waals surface area contributed by atoms with Gasteiger partial charge in [-0.25, -0.2) is 4.79 Å². The molecule has 2 unspecified atom stereocenters. The molecule has 0 bridgehead atoms. The molecule has 0 saturated heterocycles. The molecule has 6 heteroatoms. The van der Waals surface area contributed by atoms with E-state index in [9.17, 15) is 9.59 Å². The van der Waals surface area contributed by atoms with Gasteiger partial charge in [0.05, 0.1) is 6.04 Å². The lowest BCUT2D eigenvalue weighted by molar-refractivity contribution is -0.157. The highest BCUT2D eigenvalue weighted by molar-refractivity contribution is 5.82. The van der Waals surface area contributed by atoms with Crippen LogP contribution in [0.4, 0.5) is 0 Å². The predicted octanol–water partition coefficient (Wildman–Crippen LogP) is 4.16. The minimum Gasteiger partial charge on any atom is -0.461 e. The van der Waals surface area contributed by atoms with Gasteiger partial charge in [-0.05, 0) is 16.7 Å². The molecule has 0 saturated carbocycles. The summed E-state index contributed by atoms with van der Waals surface area (Å²) in [5, 5.41) is 2.95. The van der Waals surface area contributed by atoms with Crippen molar-refractivity contribution in [2.24, 2.45) is 0 Å². The van der Waals surface area contributed by atoms with Gasteiger partial charge in [0, 0.05) is 14.2 Å². The first-order valence-corrected chi connectivity index (χ1v) is 10.3. The summed E-state index contributed by atoms with van der Waals surface area (Å²) < 4.78 is 16.3. The molecular formula is C26H27NO5. The number of esters is 1.